The van der Waals surface area contributed by atoms with Gasteiger partial charge in [0, 0.05) is 6.04 Å². The van der Waals surface area contributed by atoms with Crippen LogP contribution in [0.15, 0.2) is 30.3 Å². The highest BCUT2D eigenvalue weighted by Crippen LogP contribution is 2.26. The molecule has 2 unspecified atom stereocenters. The summed E-state index contributed by atoms with van der Waals surface area (Å²) >= 11 is 0. The van der Waals surface area contributed by atoms with Crippen molar-refractivity contribution >= 4 is 12.1 Å². The molecule has 0 bridgehead atoms. The van der Waals surface area contributed by atoms with Crippen molar-refractivity contribution in [2.75, 3.05) is 13.7 Å². The summed E-state index contributed by atoms with van der Waals surface area (Å²) in [4.78, 5) is 25.7. The molecule has 0 aromatic heterocycles. The second-order valence-corrected chi connectivity index (χ2v) is 7.22. The minimum absolute atomic E-state index is 0.137. The van der Waals surface area contributed by atoms with Crippen molar-refractivity contribution in [1.29, 1.82) is 0 Å². The maximum absolute atomic E-state index is 12.5. The number of hydrogen-bond acceptors (Lipinski definition) is 5. The van der Waals surface area contributed by atoms with Crippen LogP contribution in [0.25, 0.3) is 0 Å². The molecule has 1 aromatic rings. The third kappa shape index (κ3) is 6.05. The molecule has 1 aliphatic heterocycles. The van der Waals surface area contributed by atoms with E-state index in [1.807, 2.05) is 51.1 Å². The Balaban J connectivity index is 1.99. The van der Waals surface area contributed by atoms with E-state index in [2.05, 4.69) is 0 Å². The van der Waals surface area contributed by atoms with Gasteiger partial charge in [0.05, 0.1) is 32.8 Å². The van der Waals surface area contributed by atoms with Gasteiger partial charge < -0.3 is 19.1 Å². The monoisotopic (exact) mass is 349 g/mol. The highest BCUT2D eigenvalue weighted by Gasteiger charge is 2.39. The van der Waals surface area contributed by atoms with Gasteiger partial charge in [-0.1, -0.05) is 30.3 Å². The lowest BCUT2D eigenvalue weighted by atomic mass is 10.1. The van der Waals surface area contributed by atoms with Gasteiger partial charge in [-0.05, 0) is 32.8 Å². The summed E-state index contributed by atoms with van der Waals surface area (Å²) in [6.07, 6.45) is 0.164. The van der Waals surface area contributed by atoms with Gasteiger partial charge in [-0.25, -0.2) is 4.79 Å². The predicted octanol–water partition coefficient (Wildman–Crippen LogP) is 3.14. The van der Waals surface area contributed by atoms with Crippen LogP contribution < -0.4 is 0 Å². The lowest BCUT2D eigenvalue weighted by molar-refractivity contribution is -0.141. The molecular weight excluding hydrogens is 322 g/mol. The molecule has 0 N–H and O–H groups in total. The first kappa shape index (κ1) is 19.2. The zero-order valence-electron chi connectivity index (χ0n) is 15.4. The largest absolute Gasteiger partial charge is 0.469 e. The fraction of sp³-hybridized carbons (Fsp3) is 0.579. The molecule has 6 heteroatoms. The van der Waals surface area contributed by atoms with Crippen LogP contribution in [-0.4, -0.2) is 48.4 Å². The van der Waals surface area contributed by atoms with Crippen molar-refractivity contribution in [3.8, 4) is 0 Å². The summed E-state index contributed by atoms with van der Waals surface area (Å²) in [6.45, 7) is 6.33. The Labute approximate surface area is 149 Å². The highest BCUT2D eigenvalue weighted by atomic mass is 16.6. The van der Waals surface area contributed by atoms with Gasteiger partial charge in [0.15, 0.2) is 0 Å². The molecule has 2 rings (SSSR count). The Kier molecular flexibility index (Phi) is 6.42. The summed E-state index contributed by atoms with van der Waals surface area (Å²) < 4.78 is 16.1. The molecule has 6 nitrogen and oxygen atoms in total. The summed E-state index contributed by atoms with van der Waals surface area (Å²) in [5, 5.41) is 0. The number of nitrogens with zero attached hydrogens (tertiary/aromatic N) is 1. The first-order valence-corrected chi connectivity index (χ1v) is 8.50. The molecule has 1 fully saturated rings. The Bertz CT molecular complexity index is 581. The third-order valence-corrected chi connectivity index (χ3v) is 3.96. The van der Waals surface area contributed by atoms with Crippen LogP contribution in [0, 0.1) is 0 Å². The van der Waals surface area contributed by atoms with Crippen molar-refractivity contribution in [1.82, 2.24) is 4.90 Å². The number of methoxy groups -OCH3 is 1. The number of rotatable bonds is 5. The fourth-order valence-electron chi connectivity index (χ4n) is 2.80. The second-order valence-electron chi connectivity index (χ2n) is 7.22. The Hall–Kier alpha value is -2.08. The highest BCUT2D eigenvalue weighted by molar-refractivity contribution is 5.73. The lowest BCUT2D eigenvalue weighted by Crippen LogP contribution is -2.41. The number of amides is 1. The van der Waals surface area contributed by atoms with Crippen LogP contribution in [0.2, 0.25) is 0 Å². The molecule has 1 saturated heterocycles. The number of likely N-dealkylation sites (tertiary alicyclic amines) is 1. The van der Waals surface area contributed by atoms with Crippen LogP contribution in [0.4, 0.5) is 4.79 Å². The number of carbonyl (C=O) groups is 2. The molecular formula is C19H27NO5. The van der Waals surface area contributed by atoms with E-state index in [1.54, 1.807) is 4.90 Å². The van der Waals surface area contributed by atoms with E-state index in [0.717, 1.165) is 5.56 Å². The molecule has 25 heavy (non-hydrogen) atoms. The average molecular weight is 349 g/mol. The quantitative estimate of drug-likeness (QED) is 0.764. The first-order chi connectivity index (χ1) is 11.8. The standard InChI is InChI=1S/C19H27NO5/c1-19(2,3)25-18(22)20-12-16(10-15(20)11-17(21)23-4)24-13-14-8-6-5-7-9-14/h5-9,15-16H,10-13H2,1-4H3. The van der Waals surface area contributed by atoms with Gasteiger partial charge >= 0.3 is 12.1 Å². The van der Waals surface area contributed by atoms with Gasteiger partial charge in [-0.15, -0.1) is 0 Å². The molecule has 0 saturated carbocycles. The fourth-order valence-corrected chi connectivity index (χ4v) is 2.80. The van der Waals surface area contributed by atoms with Crippen molar-refractivity contribution in [3.05, 3.63) is 35.9 Å². The van der Waals surface area contributed by atoms with E-state index in [9.17, 15) is 9.59 Å². The minimum atomic E-state index is -0.587. The van der Waals surface area contributed by atoms with E-state index >= 15 is 0 Å². The SMILES string of the molecule is COC(=O)CC1CC(OCc2ccccc2)CN1C(=O)OC(C)(C)C. The number of hydrogen-bond donors (Lipinski definition) is 0. The Morgan fingerprint density at radius 1 is 1.20 bits per heavy atom. The summed E-state index contributed by atoms with van der Waals surface area (Å²) in [6, 6.07) is 9.58. The van der Waals surface area contributed by atoms with Gasteiger partial charge in [0.1, 0.15) is 5.60 Å². The van der Waals surface area contributed by atoms with Gasteiger partial charge in [0.2, 0.25) is 0 Å². The van der Waals surface area contributed by atoms with Crippen LogP contribution >= 0.6 is 0 Å². The van der Waals surface area contributed by atoms with Crippen molar-refractivity contribution < 1.29 is 23.8 Å². The summed E-state index contributed by atoms with van der Waals surface area (Å²) in [7, 11) is 1.35. The topological polar surface area (TPSA) is 65.1 Å². The zero-order chi connectivity index (χ0) is 18.4. The summed E-state index contributed by atoms with van der Waals surface area (Å²) in [5.74, 6) is -0.345. The van der Waals surface area contributed by atoms with Crippen LogP contribution in [0.1, 0.15) is 39.2 Å². The Morgan fingerprint density at radius 3 is 2.48 bits per heavy atom. The van der Waals surface area contributed by atoms with Crippen molar-refractivity contribution in [2.45, 2.75) is 58.0 Å². The van der Waals surface area contributed by atoms with Crippen LogP contribution in [0.3, 0.4) is 0 Å². The predicted molar refractivity (Wildman–Crippen MR) is 93.0 cm³/mol. The van der Waals surface area contributed by atoms with E-state index in [1.165, 1.54) is 7.11 Å². The van der Waals surface area contributed by atoms with Gasteiger partial charge in [-0.2, -0.15) is 0 Å². The van der Waals surface area contributed by atoms with Crippen molar-refractivity contribution in [2.24, 2.45) is 0 Å². The van der Waals surface area contributed by atoms with Crippen LogP contribution in [0.5, 0.6) is 0 Å². The molecule has 0 radical (unpaired) electrons. The van der Waals surface area contributed by atoms with Crippen LogP contribution in [-0.2, 0) is 25.6 Å². The smallest absolute Gasteiger partial charge is 0.410 e. The number of ether oxygens (including phenoxy) is 3. The molecule has 2 atom stereocenters. The van der Waals surface area contributed by atoms with E-state index in [-0.39, 0.29) is 24.5 Å². The lowest BCUT2D eigenvalue weighted by Gasteiger charge is -2.28. The molecule has 1 aromatic carbocycles. The number of benzene rings is 1. The van der Waals surface area contributed by atoms with E-state index in [0.29, 0.717) is 19.6 Å². The molecule has 0 aliphatic carbocycles. The minimum Gasteiger partial charge on any atom is -0.469 e. The summed E-state index contributed by atoms with van der Waals surface area (Å²) in [5.41, 5.74) is 0.485. The van der Waals surface area contributed by atoms with Gasteiger partial charge in [-0.3, -0.25) is 4.79 Å². The maximum atomic E-state index is 12.5. The normalized spacial score (nSPS) is 20.4. The molecule has 1 amide bonds. The maximum Gasteiger partial charge on any atom is 0.410 e. The Morgan fingerprint density at radius 2 is 1.88 bits per heavy atom. The molecule has 1 heterocycles. The van der Waals surface area contributed by atoms with Crippen molar-refractivity contribution in [3.63, 3.8) is 0 Å². The zero-order valence-corrected chi connectivity index (χ0v) is 15.4. The third-order valence-electron chi connectivity index (χ3n) is 3.96. The van der Waals surface area contributed by atoms with E-state index < -0.39 is 11.7 Å². The second kappa shape index (κ2) is 8.34. The van der Waals surface area contributed by atoms with E-state index in [4.69, 9.17) is 14.2 Å². The molecule has 1 aliphatic rings. The van der Waals surface area contributed by atoms with Gasteiger partial charge in [0.25, 0.3) is 0 Å². The average Bonchev–Trinajstić information content (AvgIpc) is 2.95. The first-order valence-electron chi connectivity index (χ1n) is 8.50. The molecule has 0 spiro atoms. The number of carbonyl (C=O) groups excluding carboxylic acids is 2. The number of esters is 1. The molecule has 138 valence electrons.